The van der Waals surface area contributed by atoms with Gasteiger partial charge in [0.05, 0.1) is 26.4 Å². The van der Waals surface area contributed by atoms with Crippen LogP contribution in [-0.4, -0.2) is 24.5 Å². The molecular formula is C12H12ClNO4. The molecule has 1 aromatic carbocycles. The van der Waals surface area contributed by atoms with Crippen molar-refractivity contribution >= 4 is 11.6 Å². The molecule has 0 bridgehead atoms. The molecule has 0 aliphatic rings. The van der Waals surface area contributed by atoms with Crippen LogP contribution in [0.1, 0.15) is 5.56 Å². The van der Waals surface area contributed by atoms with Crippen LogP contribution in [0.2, 0.25) is 5.22 Å². The van der Waals surface area contributed by atoms with Gasteiger partial charge in [0.1, 0.15) is 5.69 Å². The maximum Gasteiger partial charge on any atom is 0.232 e. The highest BCUT2D eigenvalue weighted by Crippen LogP contribution is 2.34. The molecule has 0 aliphatic carbocycles. The first-order valence-electron chi connectivity index (χ1n) is 5.18. The van der Waals surface area contributed by atoms with Gasteiger partial charge in [0, 0.05) is 5.56 Å². The maximum atomic E-state index is 9.24. The zero-order chi connectivity index (χ0) is 13.1. The van der Waals surface area contributed by atoms with Gasteiger partial charge in [-0.2, -0.15) is 0 Å². The zero-order valence-corrected chi connectivity index (χ0v) is 10.7. The minimum atomic E-state index is -0.244. The molecule has 0 radical (unpaired) electrons. The second-order valence-corrected chi connectivity index (χ2v) is 3.85. The van der Waals surface area contributed by atoms with Gasteiger partial charge in [-0.15, -0.1) is 0 Å². The number of methoxy groups -OCH3 is 2. The molecule has 96 valence electrons. The SMILES string of the molecule is COc1ccc(-c2noc(Cl)c2CO)cc1OC. The van der Waals surface area contributed by atoms with Crippen LogP contribution in [-0.2, 0) is 6.61 Å². The second-order valence-electron chi connectivity index (χ2n) is 3.51. The molecule has 2 aromatic rings. The van der Waals surface area contributed by atoms with Crippen molar-refractivity contribution in [3.05, 3.63) is 29.0 Å². The summed E-state index contributed by atoms with van der Waals surface area (Å²) in [6, 6.07) is 5.28. The summed E-state index contributed by atoms with van der Waals surface area (Å²) in [5.41, 5.74) is 1.67. The smallest absolute Gasteiger partial charge is 0.232 e. The van der Waals surface area contributed by atoms with Crippen LogP contribution in [0.4, 0.5) is 0 Å². The van der Waals surface area contributed by atoms with E-state index in [0.29, 0.717) is 22.8 Å². The third-order valence-electron chi connectivity index (χ3n) is 2.56. The first kappa shape index (κ1) is 12.7. The predicted molar refractivity (Wildman–Crippen MR) is 66.0 cm³/mol. The van der Waals surface area contributed by atoms with Gasteiger partial charge >= 0.3 is 0 Å². The number of aliphatic hydroxyl groups excluding tert-OH is 1. The van der Waals surface area contributed by atoms with E-state index in [1.807, 2.05) is 0 Å². The highest BCUT2D eigenvalue weighted by atomic mass is 35.5. The summed E-state index contributed by atoms with van der Waals surface area (Å²) >= 11 is 5.78. The average Bonchev–Trinajstić information content (AvgIpc) is 2.78. The van der Waals surface area contributed by atoms with E-state index in [1.165, 1.54) is 0 Å². The van der Waals surface area contributed by atoms with Gasteiger partial charge in [-0.05, 0) is 29.8 Å². The Hall–Kier alpha value is -1.72. The Morgan fingerprint density at radius 2 is 2.00 bits per heavy atom. The summed E-state index contributed by atoms with van der Waals surface area (Å²) < 4.78 is 15.2. The van der Waals surface area contributed by atoms with Gasteiger partial charge in [-0.3, -0.25) is 0 Å². The van der Waals surface area contributed by atoms with Crippen molar-refractivity contribution in [1.29, 1.82) is 0 Å². The summed E-state index contributed by atoms with van der Waals surface area (Å²) in [5, 5.41) is 13.1. The molecule has 1 heterocycles. The topological polar surface area (TPSA) is 64.7 Å². The quantitative estimate of drug-likeness (QED) is 0.924. The Morgan fingerprint density at radius 3 is 2.61 bits per heavy atom. The molecule has 0 amide bonds. The van der Waals surface area contributed by atoms with E-state index in [2.05, 4.69) is 5.16 Å². The van der Waals surface area contributed by atoms with Crippen LogP contribution in [0.15, 0.2) is 22.7 Å². The number of nitrogens with zero attached hydrogens (tertiary/aromatic N) is 1. The minimum absolute atomic E-state index is 0.0854. The third-order valence-corrected chi connectivity index (χ3v) is 2.85. The molecule has 0 saturated carbocycles. The van der Waals surface area contributed by atoms with Crippen LogP contribution in [0.25, 0.3) is 11.3 Å². The first-order chi connectivity index (χ1) is 8.71. The molecule has 0 aliphatic heterocycles. The summed E-state index contributed by atoms with van der Waals surface area (Å²) in [6.07, 6.45) is 0. The number of benzene rings is 1. The standard InChI is InChI=1S/C12H12ClNO4/c1-16-9-4-3-7(5-10(9)17-2)11-8(6-15)12(13)18-14-11/h3-5,15H,6H2,1-2H3. The monoisotopic (exact) mass is 269 g/mol. The van der Waals surface area contributed by atoms with E-state index in [-0.39, 0.29) is 11.8 Å². The molecule has 0 saturated heterocycles. The van der Waals surface area contributed by atoms with Crippen molar-refractivity contribution in [2.75, 3.05) is 14.2 Å². The zero-order valence-electron chi connectivity index (χ0n) is 9.94. The van der Waals surface area contributed by atoms with E-state index in [1.54, 1.807) is 32.4 Å². The van der Waals surface area contributed by atoms with Crippen LogP contribution in [0, 0.1) is 0 Å². The molecule has 1 aromatic heterocycles. The molecular weight excluding hydrogens is 258 g/mol. The average molecular weight is 270 g/mol. The van der Waals surface area contributed by atoms with Crippen molar-refractivity contribution in [2.45, 2.75) is 6.61 Å². The van der Waals surface area contributed by atoms with Crippen molar-refractivity contribution in [3.8, 4) is 22.8 Å². The van der Waals surface area contributed by atoms with E-state index < -0.39 is 0 Å². The van der Waals surface area contributed by atoms with Gasteiger partial charge in [-0.25, -0.2) is 0 Å². The normalized spacial score (nSPS) is 10.4. The molecule has 2 rings (SSSR count). The van der Waals surface area contributed by atoms with Crippen LogP contribution < -0.4 is 9.47 Å². The molecule has 0 unspecified atom stereocenters. The number of halogens is 1. The Labute approximate surface area is 109 Å². The summed E-state index contributed by atoms with van der Waals surface area (Å²) in [4.78, 5) is 0. The molecule has 0 atom stereocenters. The lowest BCUT2D eigenvalue weighted by Crippen LogP contribution is -1.92. The molecule has 0 spiro atoms. The van der Waals surface area contributed by atoms with Gasteiger partial charge in [-0.1, -0.05) is 5.16 Å². The van der Waals surface area contributed by atoms with Crippen molar-refractivity contribution in [1.82, 2.24) is 5.16 Å². The lowest BCUT2D eigenvalue weighted by Gasteiger charge is -2.08. The lowest BCUT2D eigenvalue weighted by atomic mass is 10.1. The number of aliphatic hydroxyl groups is 1. The fourth-order valence-electron chi connectivity index (χ4n) is 1.64. The highest BCUT2D eigenvalue weighted by Gasteiger charge is 2.16. The van der Waals surface area contributed by atoms with Crippen LogP contribution >= 0.6 is 11.6 Å². The number of ether oxygens (including phenoxy) is 2. The molecule has 5 nitrogen and oxygen atoms in total. The number of rotatable bonds is 4. The van der Waals surface area contributed by atoms with E-state index in [9.17, 15) is 5.11 Å². The van der Waals surface area contributed by atoms with E-state index >= 15 is 0 Å². The fourth-order valence-corrected chi connectivity index (χ4v) is 1.82. The second kappa shape index (κ2) is 5.29. The van der Waals surface area contributed by atoms with E-state index in [0.717, 1.165) is 5.56 Å². The summed E-state index contributed by atoms with van der Waals surface area (Å²) in [6.45, 7) is -0.244. The van der Waals surface area contributed by atoms with Gasteiger partial charge in [0.25, 0.3) is 0 Å². The first-order valence-corrected chi connectivity index (χ1v) is 5.56. The maximum absolute atomic E-state index is 9.24. The molecule has 1 N–H and O–H groups in total. The Kier molecular flexibility index (Phi) is 3.74. The molecule has 0 fully saturated rings. The van der Waals surface area contributed by atoms with Crippen molar-refractivity contribution < 1.29 is 19.1 Å². The summed E-state index contributed by atoms with van der Waals surface area (Å²) in [5.74, 6) is 1.18. The number of hydrogen-bond acceptors (Lipinski definition) is 5. The predicted octanol–water partition coefficient (Wildman–Crippen LogP) is 2.50. The largest absolute Gasteiger partial charge is 0.493 e. The van der Waals surface area contributed by atoms with Gasteiger partial charge in [0.2, 0.25) is 5.22 Å². The number of hydrogen-bond donors (Lipinski definition) is 1. The highest BCUT2D eigenvalue weighted by molar-refractivity contribution is 6.29. The molecule has 18 heavy (non-hydrogen) atoms. The number of aromatic nitrogens is 1. The third kappa shape index (κ3) is 2.14. The Balaban J connectivity index is 2.50. The fraction of sp³-hybridized carbons (Fsp3) is 0.250. The minimum Gasteiger partial charge on any atom is -0.493 e. The molecule has 6 heteroatoms. The van der Waals surface area contributed by atoms with E-state index in [4.69, 9.17) is 25.6 Å². The van der Waals surface area contributed by atoms with Crippen molar-refractivity contribution in [3.63, 3.8) is 0 Å². The van der Waals surface area contributed by atoms with Crippen LogP contribution in [0.3, 0.4) is 0 Å². The summed E-state index contributed by atoms with van der Waals surface area (Å²) in [7, 11) is 3.11. The Morgan fingerprint density at radius 1 is 1.28 bits per heavy atom. The van der Waals surface area contributed by atoms with Crippen molar-refractivity contribution in [2.24, 2.45) is 0 Å². The van der Waals surface area contributed by atoms with Crippen LogP contribution in [0.5, 0.6) is 11.5 Å². The van der Waals surface area contributed by atoms with Gasteiger partial charge < -0.3 is 19.1 Å². The van der Waals surface area contributed by atoms with Gasteiger partial charge in [0.15, 0.2) is 11.5 Å². The Bertz CT molecular complexity index is 553. The lowest BCUT2D eigenvalue weighted by molar-refractivity contribution is 0.281.